The molecule has 3 rings (SSSR count). The van der Waals surface area contributed by atoms with Gasteiger partial charge in [0.2, 0.25) is 0 Å². The Hall–Kier alpha value is -2.73. The Bertz CT molecular complexity index is 1030. The molecular formula is C23H21Cl2NO4. The molecule has 0 saturated carbocycles. The van der Waals surface area contributed by atoms with Crippen LogP contribution in [0.4, 0.5) is 0 Å². The van der Waals surface area contributed by atoms with Crippen molar-refractivity contribution in [1.82, 2.24) is 5.06 Å². The first-order valence-electron chi connectivity index (χ1n) is 9.19. The summed E-state index contributed by atoms with van der Waals surface area (Å²) in [6.07, 6.45) is 0. The van der Waals surface area contributed by atoms with Crippen LogP contribution in [-0.4, -0.2) is 25.1 Å². The van der Waals surface area contributed by atoms with Gasteiger partial charge in [-0.3, -0.25) is 9.63 Å². The molecule has 0 aliphatic rings. The number of carbonyl (C=O) groups is 1. The molecule has 0 aliphatic heterocycles. The predicted octanol–water partition coefficient (Wildman–Crippen LogP) is 5.78. The van der Waals surface area contributed by atoms with Crippen molar-refractivity contribution in [2.24, 2.45) is 0 Å². The molecule has 5 nitrogen and oxygen atoms in total. The molecule has 1 amide bonds. The largest absolute Gasteiger partial charge is 0.487 e. The number of hydrogen-bond donors (Lipinski definition) is 0. The van der Waals surface area contributed by atoms with Gasteiger partial charge in [-0.1, -0.05) is 59.6 Å². The third-order valence-corrected chi connectivity index (χ3v) is 5.12. The van der Waals surface area contributed by atoms with Gasteiger partial charge in [0, 0.05) is 18.2 Å². The molecule has 0 N–H and O–H groups in total. The molecule has 30 heavy (non-hydrogen) atoms. The molecule has 3 aromatic carbocycles. The summed E-state index contributed by atoms with van der Waals surface area (Å²) in [6.45, 7) is 0.340. The molecular weight excluding hydrogens is 425 g/mol. The average Bonchev–Trinajstić information content (AvgIpc) is 2.77. The first-order valence-corrected chi connectivity index (χ1v) is 9.94. The van der Waals surface area contributed by atoms with E-state index in [9.17, 15) is 4.79 Å². The maximum Gasteiger partial charge on any atom is 0.277 e. The molecule has 0 atom stereocenters. The number of para-hydroxylation sites is 2. The van der Waals surface area contributed by atoms with E-state index in [4.69, 9.17) is 37.5 Å². The number of hydrogen-bond acceptors (Lipinski definition) is 4. The zero-order chi connectivity index (χ0) is 21.5. The lowest BCUT2D eigenvalue weighted by Gasteiger charge is -2.19. The van der Waals surface area contributed by atoms with Crippen molar-refractivity contribution in [2.45, 2.75) is 13.2 Å². The quantitative estimate of drug-likeness (QED) is 0.412. The number of benzene rings is 3. The number of nitrogens with zero attached hydrogens (tertiary/aromatic N) is 1. The van der Waals surface area contributed by atoms with E-state index in [0.717, 1.165) is 10.6 Å². The van der Waals surface area contributed by atoms with Crippen molar-refractivity contribution in [3.63, 3.8) is 0 Å². The minimum Gasteiger partial charge on any atom is -0.487 e. The monoisotopic (exact) mass is 445 g/mol. The molecule has 0 aromatic heterocycles. The zero-order valence-corrected chi connectivity index (χ0v) is 18.1. The lowest BCUT2D eigenvalue weighted by molar-refractivity contribution is -0.0758. The topological polar surface area (TPSA) is 48.0 Å². The molecule has 7 heteroatoms. The normalized spacial score (nSPS) is 10.5. The van der Waals surface area contributed by atoms with Crippen molar-refractivity contribution in [3.05, 3.63) is 93.5 Å². The smallest absolute Gasteiger partial charge is 0.277 e. The van der Waals surface area contributed by atoms with Crippen LogP contribution in [0, 0.1) is 0 Å². The fourth-order valence-corrected chi connectivity index (χ4v) is 3.20. The summed E-state index contributed by atoms with van der Waals surface area (Å²) in [5, 5.41) is 2.16. The molecule has 3 aromatic rings. The molecule has 0 radical (unpaired) electrons. The van der Waals surface area contributed by atoms with Crippen LogP contribution in [0.25, 0.3) is 0 Å². The summed E-state index contributed by atoms with van der Waals surface area (Å²) in [7, 11) is 2.98. The maximum atomic E-state index is 12.8. The molecule has 0 fully saturated rings. The van der Waals surface area contributed by atoms with E-state index in [1.54, 1.807) is 43.4 Å². The number of halogens is 2. The van der Waals surface area contributed by atoms with Gasteiger partial charge in [0.25, 0.3) is 5.91 Å². The van der Waals surface area contributed by atoms with Crippen LogP contribution < -0.4 is 9.47 Å². The van der Waals surface area contributed by atoms with Crippen molar-refractivity contribution in [3.8, 4) is 11.5 Å². The minimum atomic E-state index is -0.296. The summed E-state index contributed by atoms with van der Waals surface area (Å²) in [4.78, 5) is 17.9. The highest BCUT2D eigenvalue weighted by Gasteiger charge is 2.20. The number of carbonyl (C=O) groups excluding carboxylic acids is 1. The molecule has 0 heterocycles. The third-order valence-electron chi connectivity index (χ3n) is 4.49. The molecule has 0 saturated heterocycles. The first-order chi connectivity index (χ1) is 14.5. The molecule has 156 valence electrons. The summed E-state index contributed by atoms with van der Waals surface area (Å²) < 4.78 is 11.8. The highest BCUT2D eigenvalue weighted by atomic mass is 35.5. The van der Waals surface area contributed by atoms with Crippen molar-refractivity contribution < 1.29 is 19.1 Å². The number of amides is 1. The second kappa shape index (κ2) is 10.3. The van der Waals surface area contributed by atoms with Crippen molar-refractivity contribution >= 4 is 29.1 Å². The fourth-order valence-electron chi connectivity index (χ4n) is 2.82. The van der Waals surface area contributed by atoms with Gasteiger partial charge >= 0.3 is 0 Å². The van der Waals surface area contributed by atoms with Crippen LogP contribution >= 0.6 is 23.2 Å². The Labute approximate surface area is 185 Å². The number of rotatable bonds is 8. The third kappa shape index (κ3) is 5.25. The van der Waals surface area contributed by atoms with E-state index in [2.05, 4.69) is 0 Å². The second-order valence-electron chi connectivity index (χ2n) is 6.37. The van der Waals surface area contributed by atoms with Gasteiger partial charge in [-0.2, -0.15) is 0 Å². The van der Waals surface area contributed by atoms with Gasteiger partial charge in [-0.25, -0.2) is 5.06 Å². The minimum absolute atomic E-state index is 0.129. The van der Waals surface area contributed by atoms with Crippen LogP contribution in [-0.2, 0) is 18.1 Å². The highest BCUT2D eigenvalue weighted by Crippen LogP contribution is 2.28. The van der Waals surface area contributed by atoms with E-state index in [1.807, 2.05) is 30.3 Å². The van der Waals surface area contributed by atoms with E-state index < -0.39 is 0 Å². The van der Waals surface area contributed by atoms with Gasteiger partial charge < -0.3 is 9.47 Å². The number of ether oxygens (including phenoxy) is 2. The predicted molar refractivity (Wildman–Crippen MR) is 117 cm³/mol. The molecule has 0 spiro atoms. The molecule has 0 unspecified atom stereocenters. The van der Waals surface area contributed by atoms with Gasteiger partial charge in [-0.05, 0) is 35.9 Å². The van der Waals surface area contributed by atoms with Gasteiger partial charge in [0.1, 0.15) is 24.7 Å². The Balaban J connectivity index is 1.91. The van der Waals surface area contributed by atoms with Crippen molar-refractivity contribution in [2.75, 3.05) is 14.2 Å². The van der Waals surface area contributed by atoms with Crippen LogP contribution in [0.5, 0.6) is 11.5 Å². The summed E-state index contributed by atoms with van der Waals surface area (Å²) in [5.74, 6) is 0.789. The highest BCUT2D eigenvalue weighted by molar-refractivity contribution is 6.32. The van der Waals surface area contributed by atoms with Crippen LogP contribution in [0.3, 0.4) is 0 Å². The van der Waals surface area contributed by atoms with E-state index in [-0.39, 0.29) is 19.1 Å². The second-order valence-corrected chi connectivity index (χ2v) is 7.18. The summed E-state index contributed by atoms with van der Waals surface area (Å²) >= 11 is 12.4. The average molecular weight is 446 g/mol. The van der Waals surface area contributed by atoms with Gasteiger partial charge in [-0.15, -0.1) is 0 Å². The maximum absolute atomic E-state index is 12.8. The van der Waals surface area contributed by atoms with Gasteiger partial charge in [0.05, 0.1) is 17.2 Å². The van der Waals surface area contributed by atoms with Crippen LogP contribution in [0.15, 0.2) is 66.7 Å². The Morgan fingerprint density at radius 1 is 0.833 bits per heavy atom. The number of hydroxylamine groups is 2. The van der Waals surface area contributed by atoms with E-state index in [0.29, 0.717) is 32.7 Å². The van der Waals surface area contributed by atoms with Crippen LogP contribution in [0.2, 0.25) is 10.0 Å². The lowest BCUT2D eigenvalue weighted by Crippen LogP contribution is -2.27. The lowest BCUT2D eigenvalue weighted by atomic mass is 10.0. The van der Waals surface area contributed by atoms with E-state index >= 15 is 0 Å². The van der Waals surface area contributed by atoms with E-state index in [1.165, 1.54) is 7.11 Å². The first kappa shape index (κ1) is 22.0. The standard InChI is InChI=1S/C23H21Cl2NO4/c1-26(28-2)23(27)17-9-7-8-16(14-29-21-12-5-3-10-19(21)24)18(17)15-30-22-13-6-4-11-20(22)25/h3-13H,14-15H2,1-2H3. The summed E-state index contributed by atoms with van der Waals surface area (Å²) in [5.41, 5.74) is 1.92. The molecule has 0 aliphatic carbocycles. The van der Waals surface area contributed by atoms with Crippen LogP contribution in [0.1, 0.15) is 21.5 Å². The SMILES string of the molecule is CON(C)C(=O)c1cccc(COc2ccccc2Cl)c1COc1ccccc1Cl. The Morgan fingerprint density at radius 3 is 1.97 bits per heavy atom. The fraction of sp³-hybridized carbons (Fsp3) is 0.174. The molecule has 0 bridgehead atoms. The Morgan fingerprint density at radius 2 is 1.40 bits per heavy atom. The zero-order valence-electron chi connectivity index (χ0n) is 16.6. The van der Waals surface area contributed by atoms with Gasteiger partial charge in [0.15, 0.2) is 0 Å². The van der Waals surface area contributed by atoms with Crippen molar-refractivity contribution in [1.29, 1.82) is 0 Å². The Kier molecular flexibility index (Phi) is 7.57. The summed E-state index contributed by atoms with van der Waals surface area (Å²) in [6, 6.07) is 19.8.